The first-order valence-corrected chi connectivity index (χ1v) is 10.0. The summed E-state index contributed by atoms with van der Waals surface area (Å²) in [5.41, 5.74) is 3.01. The van der Waals surface area contributed by atoms with Gasteiger partial charge >= 0.3 is 0 Å². The Bertz CT molecular complexity index is 1200. The van der Waals surface area contributed by atoms with Crippen molar-refractivity contribution in [1.82, 2.24) is 4.90 Å². The van der Waals surface area contributed by atoms with Crippen molar-refractivity contribution >= 4 is 29.0 Å². The van der Waals surface area contributed by atoms with E-state index in [1.165, 1.54) is 11.9 Å². The molecule has 3 aromatic rings. The minimum absolute atomic E-state index is 0.0366. The Hall–Kier alpha value is -4.19. The number of para-hydroxylation sites is 2. The van der Waals surface area contributed by atoms with Crippen LogP contribution in [0.2, 0.25) is 0 Å². The molecule has 2 aliphatic heterocycles. The summed E-state index contributed by atoms with van der Waals surface area (Å²) < 4.78 is 0. The average Bonchev–Trinajstić information content (AvgIpc) is 3.34. The van der Waals surface area contributed by atoms with Crippen LogP contribution in [0.5, 0.6) is 0 Å². The van der Waals surface area contributed by atoms with E-state index in [2.05, 4.69) is 0 Å². The molecular formula is C25H20N4O2. The molecule has 2 amide bonds. The molecule has 0 aromatic heterocycles. The number of imide groups is 1. The third-order valence-corrected chi connectivity index (χ3v) is 5.40. The Morgan fingerprint density at radius 1 is 0.742 bits per heavy atom. The zero-order valence-electron chi connectivity index (χ0n) is 17.0. The number of likely N-dealkylation sites (N-methyl/N-ethyl adjacent to an activating group) is 1. The smallest absolute Gasteiger partial charge is 0.260 e. The second-order valence-electron chi connectivity index (χ2n) is 7.34. The number of nitrogens with zero attached hydrogens (tertiary/aromatic N) is 4. The van der Waals surface area contributed by atoms with Crippen LogP contribution in [0.3, 0.4) is 0 Å². The molecule has 1 saturated heterocycles. The number of carbonyl (C=O) groups excluding carboxylic acids is 2. The van der Waals surface area contributed by atoms with Gasteiger partial charge in [0, 0.05) is 18.3 Å². The fourth-order valence-electron chi connectivity index (χ4n) is 3.83. The molecule has 0 unspecified atom stereocenters. The van der Waals surface area contributed by atoms with Gasteiger partial charge in [-0.2, -0.15) is 0 Å². The number of rotatable bonds is 3. The molecule has 2 heterocycles. The lowest BCUT2D eigenvalue weighted by atomic mass is 10.1. The van der Waals surface area contributed by atoms with Gasteiger partial charge in [-0.1, -0.05) is 66.7 Å². The number of hydrogen-bond donors (Lipinski definition) is 0. The van der Waals surface area contributed by atoms with Gasteiger partial charge in [-0.3, -0.25) is 19.4 Å². The zero-order valence-corrected chi connectivity index (χ0v) is 17.0. The summed E-state index contributed by atoms with van der Waals surface area (Å²) in [5.74, 6) is 0.750. The second-order valence-corrected chi connectivity index (χ2v) is 7.34. The van der Waals surface area contributed by atoms with Crippen LogP contribution >= 0.6 is 0 Å². The number of hydrazone groups is 1. The van der Waals surface area contributed by atoms with Gasteiger partial charge in [-0.15, -0.1) is 5.10 Å². The van der Waals surface area contributed by atoms with Crippen molar-refractivity contribution in [1.29, 1.82) is 0 Å². The molecule has 0 radical (unpaired) electrons. The molecule has 3 aromatic carbocycles. The third-order valence-electron chi connectivity index (χ3n) is 5.40. The van der Waals surface area contributed by atoms with E-state index in [1.54, 1.807) is 5.01 Å². The summed E-state index contributed by atoms with van der Waals surface area (Å²) in [4.78, 5) is 28.6. The Morgan fingerprint density at radius 2 is 1.29 bits per heavy atom. The van der Waals surface area contributed by atoms with E-state index in [-0.39, 0.29) is 18.2 Å². The van der Waals surface area contributed by atoms with Gasteiger partial charge in [0.1, 0.15) is 5.82 Å². The van der Waals surface area contributed by atoms with Crippen LogP contribution in [-0.2, 0) is 9.59 Å². The highest BCUT2D eigenvalue weighted by Crippen LogP contribution is 2.38. The largest absolute Gasteiger partial charge is 0.281 e. The quantitative estimate of drug-likeness (QED) is 0.486. The van der Waals surface area contributed by atoms with E-state index in [1.807, 2.05) is 95.9 Å². The second kappa shape index (κ2) is 7.57. The number of benzene rings is 3. The van der Waals surface area contributed by atoms with Crippen LogP contribution in [0.25, 0.3) is 0 Å². The number of likely N-dealkylation sites (tertiary alicyclic amines) is 1. The minimum Gasteiger partial charge on any atom is -0.281 e. The van der Waals surface area contributed by atoms with E-state index in [4.69, 9.17) is 5.10 Å². The van der Waals surface area contributed by atoms with Crippen molar-refractivity contribution in [3.05, 3.63) is 108 Å². The molecule has 2 aliphatic rings. The van der Waals surface area contributed by atoms with Crippen LogP contribution in [0, 0.1) is 0 Å². The van der Waals surface area contributed by atoms with Crippen molar-refractivity contribution in [3.8, 4) is 0 Å². The van der Waals surface area contributed by atoms with Gasteiger partial charge in [-0.25, -0.2) is 5.01 Å². The van der Waals surface area contributed by atoms with Crippen LogP contribution in [0.1, 0.15) is 12.0 Å². The van der Waals surface area contributed by atoms with E-state index < -0.39 is 0 Å². The lowest BCUT2D eigenvalue weighted by molar-refractivity contribution is -0.135. The normalized spacial score (nSPS) is 18.7. The van der Waals surface area contributed by atoms with Gasteiger partial charge < -0.3 is 0 Å². The average molecular weight is 408 g/mol. The number of amidine groups is 1. The van der Waals surface area contributed by atoms with Crippen molar-refractivity contribution in [2.45, 2.75) is 6.42 Å². The molecule has 152 valence electrons. The van der Waals surface area contributed by atoms with E-state index in [9.17, 15) is 9.59 Å². The zero-order chi connectivity index (χ0) is 21.4. The summed E-state index contributed by atoms with van der Waals surface area (Å²) in [6.45, 7) is 0. The van der Waals surface area contributed by atoms with Crippen molar-refractivity contribution in [2.24, 2.45) is 5.10 Å². The van der Waals surface area contributed by atoms with Gasteiger partial charge in [-0.05, 0) is 24.3 Å². The highest BCUT2D eigenvalue weighted by molar-refractivity contribution is 6.19. The van der Waals surface area contributed by atoms with Crippen molar-refractivity contribution in [2.75, 3.05) is 17.0 Å². The molecule has 0 saturated carbocycles. The molecule has 5 rings (SSSR count). The monoisotopic (exact) mass is 408 g/mol. The van der Waals surface area contributed by atoms with E-state index >= 15 is 0 Å². The van der Waals surface area contributed by atoms with Crippen molar-refractivity contribution < 1.29 is 9.59 Å². The van der Waals surface area contributed by atoms with E-state index in [0.717, 1.165) is 16.9 Å². The molecular weight excluding hydrogens is 388 g/mol. The lowest BCUT2D eigenvalue weighted by Gasteiger charge is -2.26. The Morgan fingerprint density at radius 3 is 1.84 bits per heavy atom. The predicted molar refractivity (Wildman–Crippen MR) is 120 cm³/mol. The molecule has 0 spiro atoms. The van der Waals surface area contributed by atoms with Crippen LogP contribution < -0.4 is 9.91 Å². The molecule has 0 atom stereocenters. The molecule has 0 aliphatic carbocycles. The Kier molecular flexibility index (Phi) is 4.59. The standard InChI is InChI=1S/C25H20N4O2/c1-27-22(30)17-21(25(27)31)24-28(19-13-7-3-8-14-19)23(18-11-5-2-6-12-18)26-29(24)20-15-9-4-10-16-20/h2-16H,17H2,1H3/b24-21-. The van der Waals surface area contributed by atoms with Gasteiger partial charge in [0.15, 0.2) is 5.84 Å². The molecule has 6 heteroatoms. The number of carbonyl (C=O) groups is 2. The lowest BCUT2D eigenvalue weighted by Crippen LogP contribution is -2.32. The summed E-state index contributed by atoms with van der Waals surface area (Å²) in [6.07, 6.45) is 0.0366. The summed E-state index contributed by atoms with van der Waals surface area (Å²) in [6, 6.07) is 29.3. The third kappa shape index (κ3) is 3.18. The Balaban J connectivity index is 1.78. The van der Waals surface area contributed by atoms with E-state index in [0.29, 0.717) is 17.2 Å². The first-order valence-electron chi connectivity index (χ1n) is 10.0. The topological polar surface area (TPSA) is 56.2 Å². The summed E-state index contributed by atoms with van der Waals surface area (Å²) >= 11 is 0. The summed E-state index contributed by atoms with van der Waals surface area (Å²) in [5, 5.41) is 6.69. The maximum Gasteiger partial charge on any atom is 0.260 e. The number of anilines is 2. The molecule has 0 N–H and O–H groups in total. The van der Waals surface area contributed by atoms with Crippen LogP contribution in [0.4, 0.5) is 11.4 Å². The number of amides is 2. The summed E-state index contributed by atoms with van der Waals surface area (Å²) in [7, 11) is 1.52. The van der Waals surface area contributed by atoms with Crippen LogP contribution in [0.15, 0.2) is 107 Å². The molecule has 6 nitrogen and oxygen atoms in total. The molecule has 1 fully saturated rings. The SMILES string of the molecule is CN1C(=O)C/C(=C2/N(c3ccccc3)N=C(c3ccccc3)N2c2ccccc2)C1=O. The number of hydrogen-bond acceptors (Lipinski definition) is 5. The molecule has 0 bridgehead atoms. The fourth-order valence-corrected chi connectivity index (χ4v) is 3.83. The van der Waals surface area contributed by atoms with Crippen molar-refractivity contribution in [3.63, 3.8) is 0 Å². The predicted octanol–water partition coefficient (Wildman–Crippen LogP) is 3.98. The van der Waals surface area contributed by atoms with Gasteiger partial charge in [0.25, 0.3) is 5.91 Å². The molecule has 31 heavy (non-hydrogen) atoms. The maximum absolute atomic E-state index is 13.0. The Labute approximate surface area is 180 Å². The highest BCUT2D eigenvalue weighted by atomic mass is 16.2. The first-order chi connectivity index (χ1) is 15.1. The fraction of sp³-hybridized carbons (Fsp3) is 0.0800. The van der Waals surface area contributed by atoms with Crippen LogP contribution in [-0.4, -0.2) is 29.6 Å². The minimum atomic E-state index is -0.300. The highest BCUT2D eigenvalue weighted by Gasteiger charge is 2.41. The maximum atomic E-state index is 13.0. The van der Waals surface area contributed by atoms with Gasteiger partial charge in [0.2, 0.25) is 5.91 Å². The first kappa shape index (κ1) is 18.8. The van der Waals surface area contributed by atoms with Gasteiger partial charge in [0.05, 0.1) is 17.7 Å².